The molecule has 1 aromatic carbocycles. The fourth-order valence-electron chi connectivity index (χ4n) is 1.57. The number of hydrogen-bond acceptors (Lipinski definition) is 4. The van der Waals surface area contributed by atoms with Crippen molar-refractivity contribution in [3.8, 4) is 0 Å². The number of amides is 1. The lowest BCUT2D eigenvalue weighted by Crippen LogP contribution is -2.34. The van der Waals surface area contributed by atoms with Crippen molar-refractivity contribution in [2.75, 3.05) is 20.7 Å². The van der Waals surface area contributed by atoms with Crippen molar-refractivity contribution < 1.29 is 17.9 Å². The standard InChI is InChI=1S/C12H15BrClNO4S/c1-8(19-3)7-15(2)12(16)10-6-9(20(14,17)18)4-5-11(10)13/h4-6,8H,7H2,1-3H3. The smallest absolute Gasteiger partial charge is 0.261 e. The van der Waals surface area contributed by atoms with E-state index in [0.29, 0.717) is 11.0 Å². The van der Waals surface area contributed by atoms with Gasteiger partial charge in [-0.2, -0.15) is 0 Å². The highest BCUT2D eigenvalue weighted by Crippen LogP contribution is 2.24. The molecular weight excluding hydrogens is 370 g/mol. The summed E-state index contributed by atoms with van der Waals surface area (Å²) in [7, 11) is 4.59. The van der Waals surface area contributed by atoms with Crippen LogP contribution in [-0.2, 0) is 13.8 Å². The van der Waals surface area contributed by atoms with Gasteiger partial charge < -0.3 is 9.64 Å². The third-order valence-corrected chi connectivity index (χ3v) is 4.77. The lowest BCUT2D eigenvalue weighted by atomic mass is 10.2. The van der Waals surface area contributed by atoms with E-state index in [4.69, 9.17) is 15.4 Å². The van der Waals surface area contributed by atoms with Crippen LogP contribution in [0.2, 0.25) is 0 Å². The molecule has 0 bridgehead atoms. The zero-order valence-electron chi connectivity index (χ0n) is 11.3. The maximum absolute atomic E-state index is 12.3. The average Bonchev–Trinajstić information content (AvgIpc) is 2.36. The van der Waals surface area contributed by atoms with Crippen LogP contribution in [0.1, 0.15) is 17.3 Å². The van der Waals surface area contributed by atoms with Gasteiger partial charge in [0.05, 0.1) is 16.6 Å². The highest BCUT2D eigenvalue weighted by atomic mass is 79.9. The summed E-state index contributed by atoms with van der Waals surface area (Å²) in [4.78, 5) is 13.6. The molecule has 0 saturated heterocycles. The van der Waals surface area contributed by atoms with E-state index in [2.05, 4.69) is 15.9 Å². The maximum atomic E-state index is 12.3. The van der Waals surface area contributed by atoms with E-state index < -0.39 is 9.05 Å². The third kappa shape index (κ3) is 4.44. The van der Waals surface area contributed by atoms with Crippen molar-refractivity contribution >= 4 is 41.6 Å². The molecule has 0 heterocycles. The summed E-state index contributed by atoms with van der Waals surface area (Å²) < 4.78 is 28.2. The van der Waals surface area contributed by atoms with E-state index in [1.165, 1.54) is 23.1 Å². The van der Waals surface area contributed by atoms with Crippen LogP contribution in [0.3, 0.4) is 0 Å². The van der Waals surface area contributed by atoms with E-state index in [0.717, 1.165) is 0 Å². The van der Waals surface area contributed by atoms with Gasteiger partial charge in [-0.3, -0.25) is 4.79 Å². The molecule has 0 radical (unpaired) electrons. The Balaban J connectivity index is 3.09. The molecule has 0 aliphatic heterocycles. The number of hydrogen-bond donors (Lipinski definition) is 0. The second-order valence-electron chi connectivity index (χ2n) is 4.31. The number of likely N-dealkylation sites (N-methyl/N-ethyl adjacent to an activating group) is 1. The molecule has 1 unspecified atom stereocenters. The highest BCUT2D eigenvalue weighted by molar-refractivity contribution is 9.10. The number of carbonyl (C=O) groups is 1. The summed E-state index contributed by atoms with van der Waals surface area (Å²) in [6, 6.07) is 4.07. The quantitative estimate of drug-likeness (QED) is 0.732. The van der Waals surface area contributed by atoms with Crippen molar-refractivity contribution in [3.05, 3.63) is 28.2 Å². The minimum absolute atomic E-state index is 0.112. The molecule has 0 aliphatic rings. The highest BCUT2D eigenvalue weighted by Gasteiger charge is 2.20. The van der Waals surface area contributed by atoms with E-state index in [1.807, 2.05) is 6.92 Å². The van der Waals surface area contributed by atoms with Gasteiger partial charge in [-0.1, -0.05) is 0 Å². The number of benzene rings is 1. The molecule has 1 rings (SSSR count). The number of carbonyl (C=O) groups excluding carboxylic acids is 1. The molecule has 0 aliphatic carbocycles. The molecule has 1 atom stereocenters. The predicted octanol–water partition coefficient (Wildman–Crippen LogP) is 2.48. The molecule has 1 aromatic rings. The Morgan fingerprint density at radius 1 is 1.50 bits per heavy atom. The van der Waals surface area contributed by atoms with Gasteiger partial charge in [0.2, 0.25) is 0 Å². The SMILES string of the molecule is COC(C)CN(C)C(=O)c1cc(S(=O)(=O)Cl)ccc1Br. The minimum Gasteiger partial charge on any atom is -0.380 e. The van der Waals surface area contributed by atoms with Crippen LogP contribution in [0.4, 0.5) is 0 Å². The molecule has 0 saturated carbocycles. The lowest BCUT2D eigenvalue weighted by molar-refractivity contribution is 0.0599. The van der Waals surface area contributed by atoms with Gasteiger partial charge >= 0.3 is 0 Å². The first-order chi connectivity index (χ1) is 9.16. The second kappa shape index (κ2) is 6.89. The zero-order chi connectivity index (χ0) is 15.5. The van der Waals surface area contributed by atoms with Gasteiger partial charge in [-0.15, -0.1) is 0 Å². The number of rotatable bonds is 5. The van der Waals surface area contributed by atoms with E-state index in [9.17, 15) is 13.2 Å². The van der Waals surface area contributed by atoms with Crippen LogP contribution in [0, 0.1) is 0 Å². The molecule has 5 nitrogen and oxygen atoms in total. The van der Waals surface area contributed by atoms with Gasteiger partial charge in [0.25, 0.3) is 15.0 Å². The summed E-state index contributed by atoms with van der Waals surface area (Å²) in [6.45, 7) is 2.22. The van der Waals surface area contributed by atoms with Crippen LogP contribution in [-0.4, -0.2) is 46.0 Å². The summed E-state index contributed by atoms with van der Waals surface area (Å²) in [5.74, 6) is -0.317. The van der Waals surface area contributed by atoms with Gasteiger partial charge in [0, 0.05) is 35.9 Å². The fraction of sp³-hybridized carbons (Fsp3) is 0.417. The van der Waals surface area contributed by atoms with Crippen molar-refractivity contribution in [1.29, 1.82) is 0 Å². The predicted molar refractivity (Wildman–Crippen MR) is 80.6 cm³/mol. The second-order valence-corrected chi connectivity index (χ2v) is 7.73. The summed E-state index contributed by atoms with van der Waals surface area (Å²) >= 11 is 3.23. The monoisotopic (exact) mass is 383 g/mol. The maximum Gasteiger partial charge on any atom is 0.261 e. The first-order valence-electron chi connectivity index (χ1n) is 5.69. The van der Waals surface area contributed by atoms with E-state index >= 15 is 0 Å². The van der Waals surface area contributed by atoms with Gasteiger partial charge in [-0.25, -0.2) is 8.42 Å². The first kappa shape index (κ1) is 17.4. The molecule has 0 N–H and O–H groups in total. The van der Waals surface area contributed by atoms with Crippen LogP contribution >= 0.6 is 26.6 Å². The van der Waals surface area contributed by atoms with Crippen LogP contribution in [0.15, 0.2) is 27.6 Å². The van der Waals surface area contributed by atoms with Gasteiger partial charge in [0.1, 0.15) is 0 Å². The molecule has 0 fully saturated rings. The van der Waals surface area contributed by atoms with Crippen LogP contribution in [0.5, 0.6) is 0 Å². The van der Waals surface area contributed by atoms with Crippen molar-refractivity contribution in [2.24, 2.45) is 0 Å². The van der Waals surface area contributed by atoms with Crippen molar-refractivity contribution in [2.45, 2.75) is 17.9 Å². The molecule has 1 amide bonds. The minimum atomic E-state index is -3.87. The summed E-state index contributed by atoms with van der Waals surface area (Å²) in [6.07, 6.45) is -0.123. The van der Waals surface area contributed by atoms with Crippen molar-refractivity contribution in [3.63, 3.8) is 0 Å². The zero-order valence-corrected chi connectivity index (χ0v) is 14.4. The fourth-order valence-corrected chi connectivity index (χ4v) is 2.76. The van der Waals surface area contributed by atoms with E-state index in [-0.39, 0.29) is 22.5 Å². The Hall–Kier alpha value is -0.630. The number of methoxy groups -OCH3 is 1. The topological polar surface area (TPSA) is 63.7 Å². The van der Waals surface area contributed by atoms with Crippen molar-refractivity contribution in [1.82, 2.24) is 4.90 Å². The largest absolute Gasteiger partial charge is 0.380 e. The van der Waals surface area contributed by atoms with Gasteiger partial charge in [-0.05, 0) is 41.1 Å². The number of ether oxygens (including phenoxy) is 1. The first-order valence-corrected chi connectivity index (χ1v) is 8.79. The lowest BCUT2D eigenvalue weighted by Gasteiger charge is -2.21. The Kier molecular flexibility index (Phi) is 6.00. The molecule has 20 heavy (non-hydrogen) atoms. The van der Waals surface area contributed by atoms with E-state index in [1.54, 1.807) is 14.2 Å². The number of halogens is 2. The summed E-state index contributed by atoms with van der Waals surface area (Å²) in [5, 5.41) is 0. The molecule has 0 aromatic heterocycles. The van der Waals surface area contributed by atoms with Crippen LogP contribution in [0.25, 0.3) is 0 Å². The Bertz CT molecular complexity index is 605. The number of nitrogens with zero attached hydrogens (tertiary/aromatic N) is 1. The summed E-state index contributed by atoms with van der Waals surface area (Å²) in [5.41, 5.74) is 0.234. The normalized spacial score (nSPS) is 13.1. The third-order valence-electron chi connectivity index (χ3n) is 2.73. The Morgan fingerprint density at radius 3 is 2.60 bits per heavy atom. The Labute approximate surface area is 131 Å². The molecule has 112 valence electrons. The molecule has 0 spiro atoms. The molecular formula is C12H15BrClNO4S. The average molecular weight is 385 g/mol. The van der Waals surface area contributed by atoms with Crippen LogP contribution < -0.4 is 0 Å². The van der Waals surface area contributed by atoms with Gasteiger partial charge in [0.15, 0.2) is 0 Å². The Morgan fingerprint density at radius 2 is 2.10 bits per heavy atom. The molecule has 8 heteroatoms.